The molecule has 2 aliphatic rings. The second kappa shape index (κ2) is 6.70. The number of anilines is 1. The van der Waals surface area contributed by atoms with Crippen molar-refractivity contribution in [1.82, 2.24) is 9.29 Å². The first-order valence-electron chi connectivity index (χ1n) is 9.19. The van der Waals surface area contributed by atoms with Gasteiger partial charge in [0.15, 0.2) is 0 Å². The Morgan fingerprint density at radius 1 is 1.19 bits per heavy atom. The Morgan fingerprint density at radius 2 is 1.92 bits per heavy atom. The van der Waals surface area contributed by atoms with Crippen molar-refractivity contribution in [2.45, 2.75) is 43.9 Å². The molecule has 7 heteroatoms. The Bertz CT molecular complexity index is 917. The highest BCUT2D eigenvalue weighted by molar-refractivity contribution is 7.90. The number of ether oxygens (including phenoxy) is 1. The van der Waals surface area contributed by atoms with Crippen molar-refractivity contribution in [3.05, 3.63) is 30.0 Å². The van der Waals surface area contributed by atoms with Crippen LogP contribution in [0, 0.1) is 6.92 Å². The van der Waals surface area contributed by atoms with E-state index in [1.165, 1.54) is 0 Å². The molecule has 0 bridgehead atoms. The number of nitrogens with one attached hydrogen (secondary N) is 1. The average Bonchev–Trinajstić information content (AvgIpc) is 3.47. The molecule has 0 amide bonds. The molecule has 1 aliphatic carbocycles. The molecule has 2 fully saturated rings. The fourth-order valence-corrected chi connectivity index (χ4v) is 5.56. The fraction of sp³-hybridized carbons (Fsp3) is 0.526. The van der Waals surface area contributed by atoms with E-state index in [4.69, 9.17) is 4.74 Å². The smallest absolute Gasteiger partial charge is 0.216 e. The molecule has 1 aromatic heterocycles. The van der Waals surface area contributed by atoms with E-state index < -0.39 is 10.0 Å². The van der Waals surface area contributed by atoms with Crippen molar-refractivity contribution in [2.75, 3.05) is 25.5 Å². The van der Waals surface area contributed by atoms with Gasteiger partial charge in [0, 0.05) is 35.9 Å². The minimum Gasteiger partial charge on any atom is -0.494 e. The molecular weight excluding hydrogens is 350 g/mol. The van der Waals surface area contributed by atoms with Crippen molar-refractivity contribution in [3.63, 3.8) is 0 Å². The second-order valence-corrected chi connectivity index (χ2v) is 9.44. The molecule has 4 rings (SSSR count). The van der Waals surface area contributed by atoms with E-state index in [0.717, 1.165) is 53.7 Å². The molecule has 26 heavy (non-hydrogen) atoms. The predicted molar refractivity (Wildman–Crippen MR) is 103 cm³/mol. The van der Waals surface area contributed by atoms with Gasteiger partial charge < -0.3 is 10.1 Å². The Kier molecular flexibility index (Phi) is 4.52. The quantitative estimate of drug-likeness (QED) is 0.870. The van der Waals surface area contributed by atoms with Crippen LogP contribution in [0.4, 0.5) is 5.69 Å². The van der Waals surface area contributed by atoms with Crippen molar-refractivity contribution >= 4 is 26.6 Å². The molecule has 0 atom stereocenters. The highest BCUT2D eigenvalue weighted by atomic mass is 32.2. The number of para-hydroxylation sites is 1. The maximum Gasteiger partial charge on any atom is 0.216 e. The van der Waals surface area contributed by atoms with Gasteiger partial charge in [-0.1, -0.05) is 12.1 Å². The summed E-state index contributed by atoms with van der Waals surface area (Å²) < 4.78 is 31.9. The highest BCUT2D eigenvalue weighted by Gasteiger charge is 2.41. The number of hydrogen-bond donors (Lipinski definition) is 1. The van der Waals surface area contributed by atoms with Gasteiger partial charge in [-0.2, -0.15) is 0 Å². The third kappa shape index (κ3) is 3.25. The van der Waals surface area contributed by atoms with Gasteiger partial charge in [0.2, 0.25) is 10.0 Å². The largest absolute Gasteiger partial charge is 0.494 e. The molecule has 140 valence electrons. The third-order valence-electron chi connectivity index (χ3n) is 5.27. The number of nitrogens with zero attached hydrogens (tertiary/aromatic N) is 2. The van der Waals surface area contributed by atoms with Crippen molar-refractivity contribution in [1.29, 1.82) is 0 Å². The van der Waals surface area contributed by atoms with Crippen LogP contribution in [0.5, 0.6) is 5.75 Å². The van der Waals surface area contributed by atoms with E-state index in [1.54, 1.807) is 11.4 Å². The van der Waals surface area contributed by atoms with Gasteiger partial charge in [-0.3, -0.25) is 0 Å². The Balaban J connectivity index is 1.52. The maximum atomic E-state index is 12.4. The van der Waals surface area contributed by atoms with Crippen molar-refractivity contribution in [2.24, 2.45) is 0 Å². The number of hydrogen-bond acceptors (Lipinski definition) is 5. The second-order valence-electron chi connectivity index (χ2n) is 7.23. The zero-order chi connectivity index (χ0) is 18.3. The van der Waals surface area contributed by atoms with Crippen molar-refractivity contribution in [3.8, 4) is 5.75 Å². The van der Waals surface area contributed by atoms with E-state index in [1.807, 2.05) is 25.1 Å². The number of sulfonamides is 1. The lowest BCUT2D eigenvalue weighted by Crippen LogP contribution is -2.43. The van der Waals surface area contributed by atoms with Gasteiger partial charge in [-0.25, -0.2) is 17.7 Å². The number of piperidine rings is 1. The number of aryl methyl sites for hydroxylation is 1. The fourth-order valence-electron chi connectivity index (χ4n) is 3.69. The molecule has 0 unspecified atom stereocenters. The molecule has 1 aromatic carbocycles. The van der Waals surface area contributed by atoms with Gasteiger partial charge in [0.05, 0.1) is 12.4 Å². The van der Waals surface area contributed by atoms with Crippen LogP contribution >= 0.6 is 0 Å². The van der Waals surface area contributed by atoms with Gasteiger partial charge in [-0.15, -0.1) is 0 Å². The van der Waals surface area contributed by atoms with Crippen LogP contribution in [0.2, 0.25) is 0 Å². The minimum absolute atomic E-state index is 0.119. The van der Waals surface area contributed by atoms with E-state index in [0.29, 0.717) is 13.1 Å². The normalized spacial score (nSPS) is 19.6. The predicted octanol–water partition coefficient (Wildman–Crippen LogP) is 2.92. The summed E-state index contributed by atoms with van der Waals surface area (Å²) in [6.07, 6.45) is 3.28. The summed E-state index contributed by atoms with van der Waals surface area (Å²) >= 11 is 0. The molecule has 2 heterocycles. The number of methoxy groups -OCH3 is 1. The van der Waals surface area contributed by atoms with Crippen LogP contribution in [0.3, 0.4) is 0 Å². The molecule has 1 saturated carbocycles. The summed E-state index contributed by atoms with van der Waals surface area (Å²) in [7, 11) is -1.40. The summed E-state index contributed by atoms with van der Waals surface area (Å²) in [5.74, 6) is 0.764. The Morgan fingerprint density at radius 3 is 2.58 bits per heavy atom. The lowest BCUT2D eigenvalue weighted by atomic mass is 10.0. The summed E-state index contributed by atoms with van der Waals surface area (Å²) in [5.41, 5.74) is 2.82. The van der Waals surface area contributed by atoms with Gasteiger partial charge in [-0.05, 0) is 44.7 Å². The third-order valence-corrected chi connectivity index (χ3v) is 7.67. The molecule has 2 aromatic rings. The molecular formula is C19H25N3O3S. The van der Waals surface area contributed by atoms with E-state index >= 15 is 0 Å². The lowest BCUT2D eigenvalue weighted by Gasteiger charge is -2.32. The molecule has 0 radical (unpaired) electrons. The van der Waals surface area contributed by atoms with E-state index in [-0.39, 0.29) is 11.3 Å². The molecule has 6 nitrogen and oxygen atoms in total. The van der Waals surface area contributed by atoms with Crippen LogP contribution in [-0.2, 0) is 10.0 Å². The minimum atomic E-state index is -3.06. The summed E-state index contributed by atoms with van der Waals surface area (Å²) in [4.78, 5) is 4.62. The number of benzene rings is 1. The first kappa shape index (κ1) is 17.5. The van der Waals surface area contributed by atoms with Crippen LogP contribution in [0.15, 0.2) is 24.3 Å². The van der Waals surface area contributed by atoms with Crippen LogP contribution in [0.25, 0.3) is 10.9 Å². The van der Waals surface area contributed by atoms with E-state index in [9.17, 15) is 8.42 Å². The number of aromatic nitrogens is 1. The first-order chi connectivity index (χ1) is 12.5. The topological polar surface area (TPSA) is 71.5 Å². The summed E-state index contributed by atoms with van der Waals surface area (Å²) in [5, 5.41) is 4.53. The Hall–Kier alpha value is -1.86. The average molecular weight is 375 g/mol. The van der Waals surface area contributed by atoms with Crippen LogP contribution in [0.1, 0.15) is 31.4 Å². The number of fused-ring (bicyclic) bond motifs is 1. The van der Waals surface area contributed by atoms with Crippen LogP contribution in [-0.4, -0.2) is 49.2 Å². The van der Waals surface area contributed by atoms with Crippen molar-refractivity contribution < 1.29 is 13.2 Å². The maximum absolute atomic E-state index is 12.4. The summed E-state index contributed by atoms with van der Waals surface area (Å²) in [6, 6.07) is 8.24. The zero-order valence-electron chi connectivity index (χ0n) is 15.2. The van der Waals surface area contributed by atoms with Crippen LogP contribution < -0.4 is 10.1 Å². The highest BCUT2D eigenvalue weighted by Crippen LogP contribution is 2.34. The molecule has 1 saturated heterocycles. The monoisotopic (exact) mass is 375 g/mol. The zero-order valence-corrected chi connectivity index (χ0v) is 16.1. The molecule has 1 N–H and O–H groups in total. The molecule has 0 spiro atoms. The van der Waals surface area contributed by atoms with Gasteiger partial charge >= 0.3 is 0 Å². The van der Waals surface area contributed by atoms with Gasteiger partial charge in [0.25, 0.3) is 0 Å². The standard InChI is InChI=1S/C19H25N3O3S/c1-13-12-17(16-4-3-5-18(25-2)19(16)20-13)21-14-8-10-22(11-9-14)26(23,24)15-6-7-15/h3-5,12,14-15H,6-11H2,1-2H3,(H,20,21). The molecule has 1 aliphatic heterocycles. The Labute approximate surface area is 154 Å². The summed E-state index contributed by atoms with van der Waals surface area (Å²) in [6.45, 7) is 3.17. The lowest BCUT2D eigenvalue weighted by molar-refractivity contribution is 0.329. The van der Waals surface area contributed by atoms with Gasteiger partial charge in [0.1, 0.15) is 11.3 Å². The number of rotatable bonds is 5. The first-order valence-corrected chi connectivity index (χ1v) is 10.7. The number of pyridine rings is 1. The van der Waals surface area contributed by atoms with E-state index in [2.05, 4.69) is 16.4 Å². The SMILES string of the molecule is COc1cccc2c(NC3CCN(S(=O)(=O)C4CC4)CC3)cc(C)nc12.